The van der Waals surface area contributed by atoms with E-state index >= 15 is 0 Å². The summed E-state index contributed by atoms with van der Waals surface area (Å²) in [5.74, 6) is 1.46. The molecule has 5 heteroatoms. The molecule has 4 heterocycles. The lowest BCUT2D eigenvalue weighted by molar-refractivity contribution is -0.156. The second-order valence-corrected chi connectivity index (χ2v) is 9.62. The average molecular weight is 408 g/mol. The molecule has 2 bridgehead atoms. The molecule has 30 heavy (non-hydrogen) atoms. The SMILES string of the molecule is CCC[C@H]1[C@H]2C[C@H](CN(C(=O)Cc3c(C)[nH]c4ccccc34)C2)[C@@H]2CCCC(=O)N21. The van der Waals surface area contributed by atoms with Gasteiger partial charge in [-0.05, 0) is 56.1 Å². The number of hydrogen-bond donors (Lipinski definition) is 1. The lowest BCUT2D eigenvalue weighted by Gasteiger charge is -2.56. The highest BCUT2D eigenvalue weighted by atomic mass is 16.2. The standard InChI is InChI=1S/C25H33N3O2/c1-3-7-22-17-12-18(23-10-6-11-24(29)28(22)23)15-27(14-17)25(30)13-20-16(2)26-21-9-5-4-8-19(20)21/h4-5,8-9,17-18,22-23,26H,3,6-7,10-15H2,1-2H3/t17-,18+,22-,23-/m0/s1. The second kappa shape index (κ2) is 7.75. The van der Waals surface area contributed by atoms with Gasteiger partial charge in [0, 0.05) is 48.2 Å². The van der Waals surface area contributed by atoms with Gasteiger partial charge in [-0.3, -0.25) is 9.59 Å². The Morgan fingerprint density at radius 1 is 1.20 bits per heavy atom. The zero-order valence-corrected chi connectivity index (χ0v) is 18.2. The maximum atomic E-state index is 13.4. The molecule has 4 atom stereocenters. The Morgan fingerprint density at radius 3 is 2.83 bits per heavy atom. The molecule has 1 N–H and O–H groups in total. The summed E-state index contributed by atoms with van der Waals surface area (Å²) >= 11 is 0. The van der Waals surface area contributed by atoms with Gasteiger partial charge in [0.1, 0.15) is 0 Å². The molecular formula is C25H33N3O2. The number of carbonyl (C=O) groups excluding carboxylic acids is 2. The number of para-hydroxylation sites is 1. The Morgan fingerprint density at radius 2 is 2.00 bits per heavy atom. The van der Waals surface area contributed by atoms with Gasteiger partial charge >= 0.3 is 0 Å². The number of fused-ring (bicyclic) bond motifs is 5. The Labute approximate surface area is 178 Å². The van der Waals surface area contributed by atoms with Crippen molar-refractivity contribution in [3.63, 3.8) is 0 Å². The Hall–Kier alpha value is -2.30. The maximum Gasteiger partial charge on any atom is 0.227 e. The Kier molecular flexibility index (Phi) is 5.08. The first kappa shape index (κ1) is 19.7. The summed E-state index contributed by atoms with van der Waals surface area (Å²) in [6.45, 7) is 5.89. The normalized spacial score (nSPS) is 28.7. The van der Waals surface area contributed by atoms with Crippen LogP contribution in [-0.4, -0.2) is 51.8 Å². The number of aromatic amines is 1. The van der Waals surface area contributed by atoms with E-state index in [2.05, 4.69) is 40.8 Å². The van der Waals surface area contributed by atoms with Crippen LogP contribution in [0.4, 0.5) is 0 Å². The van der Waals surface area contributed by atoms with Crippen molar-refractivity contribution in [2.75, 3.05) is 13.1 Å². The number of aryl methyl sites for hydroxylation is 1. The molecule has 0 unspecified atom stereocenters. The number of nitrogens with zero attached hydrogens (tertiary/aromatic N) is 2. The summed E-state index contributed by atoms with van der Waals surface area (Å²) in [5, 5.41) is 1.16. The molecule has 2 amide bonds. The van der Waals surface area contributed by atoms with Crippen LogP contribution in [0.5, 0.6) is 0 Å². The molecule has 3 aliphatic rings. The average Bonchev–Trinajstić information content (AvgIpc) is 3.06. The van der Waals surface area contributed by atoms with Gasteiger partial charge in [-0.2, -0.15) is 0 Å². The van der Waals surface area contributed by atoms with Gasteiger partial charge in [-0.15, -0.1) is 0 Å². The topological polar surface area (TPSA) is 56.4 Å². The van der Waals surface area contributed by atoms with Crippen LogP contribution in [0.15, 0.2) is 24.3 Å². The van der Waals surface area contributed by atoms with E-state index in [9.17, 15) is 9.59 Å². The molecule has 0 radical (unpaired) electrons. The van der Waals surface area contributed by atoms with Crippen molar-refractivity contribution in [3.05, 3.63) is 35.5 Å². The highest BCUT2D eigenvalue weighted by Gasteiger charge is 2.49. The summed E-state index contributed by atoms with van der Waals surface area (Å²) < 4.78 is 0. The monoisotopic (exact) mass is 407 g/mol. The predicted molar refractivity (Wildman–Crippen MR) is 118 cm³/mol. The fourth-order valence-electron chi connectivity index (χ4n) is 6.47. The summed E-state index contributed by atoms with van der Waals surface area (Å²) in [6, 6.07) is 8.90. The van der Waals surface area contributed by atoms with Crippen LogP contribution >= 0.6 is 0 Å². The van der Waals surface area contributed by atoms with E-state index < -0.39 is 0 Å². The minimum Gasteiger partial charge on any atom is -0.358 e. The molecule has 1 aromatic carbocycles. The van der Waals surface area contributed by atoms with E-state index in [0.29, 0.717) is 42.7 Å². The van der Waals surface area contributed by atoms with Crippen molar-refractivity contribution in [3.8, 4) is 0 Å². The van der Waals surface area contributed by atoms with Gasteiger partial charge in [0.15, 0.2) is 0 Å². The van der Waals surface area contributed by atoms with Crippen molar-refractivity contribution in [2.24, 2.45) is 11.8 Å². The van der Waals surface area contributed by atoms with Crippen LogP contribution in [0.25, 0.3) is 10.9 Å². The molecule has 1 aromatic heterocycles. The second-order valence-electron chi connectivity index (χ2n) is 9.62. The lowest BCUT2D eigenvalue weighted by atomic mass is 9.71. The summed E-state index contributed by atoms with van der Waals surface area (Å²) in [4.78, 5) is 34.0. The molecule has 0 saturated carbocycles. The molecule has 3 aliphatic heterocycles. The number of piperidine rings is 3. The minimum atomic E-state index is 0.239. The highest BCUT2D eigenvalue weighted by molar-refractivity contribution is 5.90. The fourth-order valence-corrected chi connectivity index (χ4v) is 6.47. The first-order valence-corrected chi connectivity index (χ1v) is 11.7. The Balaban J connectivity index is 1.38. The number of rotatable bonds is 4. The number of amides is 2. The van der Waals surface area contributed by atoms with Gasteiger partial charge in [0.25, 0.3) is 0 Å². The first-order chi connectivity index (χ1) is 14.6. The third kappa shape index (κ3) is 3.23. The van der Waals surface area contributed by atoms with Crippen LogP contribution < -0.4 is 0 Å². The molecular weight excluding hydrogens is 374 g/mol. The Bertz CT molecular complexity index is 964. The van der Waals surface area contributed by atoms with Crippen molar-refractivity contribution in [1.29, 1.82) is 0 Å². The van der Waals surface area contributed by atoms with E-state index in [1.54, 1.807) is 0 Å². The third-order valence-corrected chi connectivity index (χ3v) is 7.79. The van der Waals surface area contributed by atoms with Crippen molar-refractivity contribution >= 4 is 22.7 Å². The molecule has 3 saturated heterocycles. The molecule has 160 valence electrons. The molecule has 2 aromatic rings. The molecule has 5 nitrogen and oxygen atoms in total. The third-order valence-electron chi connectivity index (χ3n) is 7.79. The number of benzene rings is 1. The molecule has 0 spiro atoms. The van der Waals surface area contributed by atoms with Gasteiger partial charge in [-0.25, -0.2) is 0 Å². The van der Waals surface area contributed by atoms with Crippen molar-refractivity contribution < 1.29 is 9.59 Å². The van der Waals surface area contributed by atoms with E-state index in [-0.39, 0.29) is 5.91 Å². The zero-order chi connectivity index (χ0) is 20.8. The van der Waals surface area contributed by atoms with E-state index in [1.807, 2.05) is 12.1 Å². The van der Waals surface area contributed by atoms with Gasteiger partial charge < -0.3 is 14.8 Å². The van der Waals surface area contributed by atoms with Crippen LogP contribution in [-0.2, 0) is 16.0 Å². The number of hydrogen-bond acceptors (Lipinski definition) is 2. The van der Waals surface area contributed by atoms with Crippen LogP contribution in [0, 0.1) is 18.8 Å². The number of carbonyl (C=O) groups is 2. The van der Waals surface area contributed by atoms with Crippen molar-refractivity contribution in [2.45, 2.75) is 70.9 Å². The summed E-state index contributed by atoms with van der Waals surface area (Å²) in [7, 11) is 0. The number of likely N-dealkylation sites (tertiary alicyclic amines) is 1. The summed E-state index contributed by atoms with van der Waals surface area (Å²) in [5.41, 5.74) is 3.33. The number of H-pyrrole nitrogens is 1. The zero-order valence-electron chi connectivity index (χ0n) is 18.2. The number of aromatic nitrogens is 1. The van der Waals surface area contributed by atoms with Gasteiger partial charge in [0.05, 0.1) is 6.42 Å². The highest BCUT2D eigenvalue weighted by Crippen LogP contribution is 2.43. The summed E-state index contributed by atoms with van der Waals surface area (Å²) in [6.07, 6.45) is 6.60. The van der Waals surface area contributed by atoms with Crippen LogP contribution in [0.2, 0.25) is 0 Å². The predicted octanol–water partition coefficient (Wildman–Crippen LogP) is 4.05. The van der Waals surface area contributed by atoms with Crippen molar-refractivity contribution in [1.82, 2.24) is 14.8 Å². The maximum absolute atomic E-state index is 13.4. The fraction of sp³-hybridized carbons (Fsp3) is 0.600. The first-order valence-electron chi connectivity index (χ1n) is 11.7. The van der Waals surface area contributed by atoms with E-state index in [1.165, 1.54) is 6.42 Å². The van der Waals surface area contributed by atoms with Crippen LogP contribution in [0.3, 0.4) is 0 Å². The smallest absolute Gasteiger partial charge is 0.227 e. The lowest BCUT2D eigenvalue weighted by Crippen LogP contribution is -2.65. The largest absolute Gasteiger partial charge is 0.358 e. The molecule has 5 rings (SSSR count). The quantitative estimate of drug-likeness (QED) is 0.831. The van der Waals surface area contributed by atoms with E-state index in [0.717, 1.165) is 60.9 Å². The van der Waals surface area contributed by atoms with Crippen LogP contribution in [0.1, 0.15) is 56.7 Å². The number of nitrogens with one attached hydrogen (secondary N) is 1. The van der Waals surface area contributed by atoms with Gasteiger partial charge in [-0.1, -0.05) is 31.5 Å². The van der Waals surface area contributed by atoms with E-state index in [4.69, 9.17) is 0 Å². The minimum absolute atomic E-state index is 0.239. The van der Waals surface area contributed by atoms with Gasteiger partial charge in [0.2, 0.25) is 11.8 Å². The molecule has 3 fully saturated rings. The molecule has 0 aliphatic carbocycles.